The Hall–Kier alpha value is -1.39. The van der Waals surface area contributed by atoms with Crippen LogP contribution in [0.25, 0.3) is 0 Å². The molecule has 0 radical (unpaired) electrons. The van der Waals surface area contributed by atoms with Crippen LogP contribution in [-0.4, -0.2) is 7.11 Å². The number of rotatable bonds is 6. The van der Waals surface area contributed by atoms with Gasteiger partial charge in [-0.05, 0) is 42.5 Å². The molecule has 0 amide bonds. The molecule has 1 N–H and O–H groups in total. The van der Waals surface area contributed by atoms with Gasteiger partial charge in [-0.3, -0.25) is 0 Å². The lowest BCUT2D eigenvalue weighted by Crippen LogP contribution is -2.20. The zero-order valence-electron chi connectivity index (χ0n) is 12.1. The summed E-state index contributed by atoms with van der Waals surface area (Å²) in [6.45, 7) is 4.86. The van der Waals surface area contributed by atoms with Crippen LogP contribution in [-0.2, 0) is 13.0 Å². The minimum atomic E-state index is -0.230. The van der Waals surface area contributed by atoms with Gasteiger partial charge < -0.3 is 10.1 Å². The van der Waals surface area contributed by atoms with Crippen LogP contribution < -0.4 is 10.1 Å². The third-order valence-electron chi connectivity index (χ3n) is 3.45. The van der Waals surface area contributed by atoms with E-state index in [9.17, 15) is 4.39 Å². The summed E-state index contributed by atoms with van der Waals surface area (Å²) in [6, 6.07) is 6.98. The van der Waals surface area contributed by atoms with E-state index >= 15 is 0 Å². The highest BCUT2D eigenvalue weighted by molar-refractivity contribution is 7.10. The molecule has 2 rings (SSSR count). The fourth-order valence-corrected chi connectivity index (χ4v) is 3.23. The van der Waals surface area contributed by atoms with Crippen molar-refractivity contribution in [3.8, 4) is 5.75 Å². The molecule has 0 aliphatic carbocycles. The molecule has 0 saturated heterocycles. The van der Waals surface area contributed by atoms with Gasteiger partial charge in [0, 0.05) is 23.0 Å². The molecular formula is C16H20FNOS. The summed E-state index contributed by atoms with van der Waals surface area (Å²) in [5.41, 5.74) is 1.94. The highest BCUT2D eigenvalue weighted by Gasteiger charge is 2.16. The Morgan fingerprint density at radius 3 is 2.85 bits per heavy atom. The van der Waals surface area contributed by atoms with Crippen LogP contribution in [0, 0.1) is 5.82 Å². The summed E-state index contributed by atoms with van der Waals surface area (Å²) in [5, 5.41) is 5.48. The highest BCUT2D eigenvalue weighted by atomic mass is 32.1. The number of methoxy groups -OCH3 is 1. The van der Waals surface area contributed by atoms with Crippen molar-refractivity contribution in [2.24, 2.45) is 0 Å². The Morgan fingerprint density at radius 2 is 2.15 bits per heavy atom. The maximum atomic E-state index is 14.0. The van der Waals surface area contributed by atoms with Crippen molar-refractivity contribution in [2.75, 3.05) is 7.11 Å². The average molecular weight is 293 g/mol. The molecule has 0 spiro atoms. The van der Waals surface area contributed by atoms with E-state index in [-0.39, 0.29) is 11.9 Å². The van der Waals surface area contributed by atoms with Crippen LogP contribution in [0.4, 0.5) is 4.39 Å². The van der Waals surface area contributed by atoms with Gasteiger partial charge in [-0.15, -0.1) is 11.3 Å². The predicted molar refractivity (Wildman–Crippen MR) is 81.9 cm³/mol. The number of benzene rings is 1. The number of hydrogen-bond acceptors (Lipinski definition) is 3. The Balaban J connectivity index is 2.11. The standard InChI is InChI=1S/C16H20FNOS/c1-4-12-8-9-20-15(12)10-18-11(2)16-13(17)6-5-7-14(16)19-3/h5-9,11,18H,4,10H2,1-3H3. The zero-order valence-corrected chi connectivity index (χ0v) is 12.9. The van der Waals surface area contributed by atoms with Gasteiger partial charge in [-0.25, -0.2) is 4.39 Å². The van der Waals surface area contributed by atoms with Crippen LogP contribution in [0.5, 0.6) is 5.75 Å². The molecule has 1 aromatic heterocycles. The van der Waals surface area contributed by atoms with E-state index in [0.717, 1.165) is 13.0 Å². The molecule has 2 aromatic rings. The van der Waals surface area contributed by atoms with Crippen LogP contribution in [0.15, 0.2) is 29.6 Å². The predicted octanol–water partition coefficient (Wildman–Crippen LogP) is 4.31. The molecular weight excluding hydrogens is 273 g/mol. The van der Waals surface area contributed by atoms with Crippen LogP contribution in [0.2, 0.25) is 0 Å². The lowest BCUT2D eigenvalue weighted by Gasteiger charge is -2.18. The van der Waals surface area contributed by atoms with E-state index in [1.54, 1.807) is 30.6 Å². The van der Waals surface area contributed by atoms with E-state index in [2.05, 4.69) is 23.7 Å². The number of nitrogens with one attached hydrogen (secondary N) is 1. The first-order valence-corrected chi connectivity index (χ1v) is 7.66. The van der Waals surface area contributed by atoms with E-state index in [1.807, 2.05) is 6.92 Å². The number of aryl methyl sites for hydroxylation is 1. The van der Waals surface area contributed by atoms with Crippen molar-refractivity contribution in [1.29, 1.82) is 0 Å². The van der Waals surface area contributed by atoms with E-state index in [4.69, 9.17) is 4.74 Å². The fraction of sp³-hybridized carbons (Fsp3) is 0.375. The minimum Gasteiger partial charge on any atom is -0.496 e. The molecule has 1 heterocycles. The Labute approximate surface area is 123 Å². The van der Waals surface area contributed by atoms with Crippen molar-refractivity contribution in [3.05, 3.63) is 51.5 Å². The second-order valence-electron chi connectivity index (χ2n) is 4.68. The van der Waals surface area contributed by atoms with Crippen molar-refractivity contribution in [1.82, 2.24) is 5.32 Å². The summed E-state index contributed by atoms with van der Waals surface area (Å²) >= 11 is 1.74. The molecule has 0 bridgehead atoms. The van der Waals surface area contributed by atoms with E-state index in [0.29, 0.717) is 11.3 Å². The lowest BCUT2D eigenvalue weighted by atomic mass is 10.1. The average Bonchev–Trinajstić information content (AvgIpc) is 2.91. The third-order valence-corrected chi connectivity index (χ3v) is 4.42. The highest BCUT2D eigenvalue weighted by Crippen LogP contribution is 2.28. The molecule has 20 heavy (non-hydrogen) atoms. The lowest BCUT2D eigenvalue weighted by molar-refractivity contribution is 0.393. The molecule has 0 aliphatic rings. The molecule has 1 aromatic carbocycles. The fourth-order valence-electron chi connectivity index (χ4n) is 2.30. The van der Waals surface area contributed by atoms with Crippen LogP contribution in [0.3, 0.4) is 0 Å². The molecule has 4 heteroatoms. The first-order chi connectivity index (χ1) is 9.67. The molecule has 0 aliphatic heterocycles. The SMILES string of the molecule is CCc1ccsc1CNC(C)c1c(F)cccc1OC. The van der Waals surface area contributed by atoms with Gasteiger partial charge >= 0.3 is 0 Å². The quantitative estimate of drug-likeness (QED) is 0.857. The molecule has 1 atom stereocenters. The maximum absolute atomic E-state index is 14.0. The maximum Gasteiger partial charge on any atom is 0.131 e. The van der Waals surface area contributed by atoms with Gasteiger partial charge in [-0.1, -0.05) is 13.0 Å². The summed E-state index contributed by atoms with van der Waals surface area (Å²) in [4.78, 5) is 1.31. The monoisotopic (exact) mass is 293 g/mol. The number of thiophene rings is 1. The van der Waals surface area contributed by atoms with Gasteiger partial charge in [0.15, 0.2) is 0 Å². The van der Waals surface area contributed by atoms with Crippen molar-refractivity contribution in [2.45, 2.75) is 32.9 Å². The van der Waals surface area contributed by atoms with E-state index in [1.165, 1.54) is 16.5 Å². The summed E-state index contributed by atoms with van der Waals surface area (Å²) in [6.07, 6.45) is 1.03. The van der Waals surface area contributed by atoms with Crippen LogP contribution in [0.1, 0.15) is 35.9 Å². The zero-order chi connectivity index (χ0) is 14.5. The van der Waals surface area contributed by atoms with Crippen molar-refractivity contribution >= 4 is 11.3 Å². The molecule has 0 saturated carbocycles. The summed E-state index contributed by atoms with van der Waals surface area (Å²) in [7, 11) is 1.57. The Morgan fingerprint density at radius 1 is 1.35 bits per heavy atom. The first-order valence-electron chi connectivity index (χ1n) is 6.78. The van der Waals surface area contributed by atoms with Crippen molar-refractivity contribution in [3.63, 3.8) is 0 Å². The Bertz CT molecular complexity index is 567. The minimum absolute atomic E-state index is 0.0991. The van der Waals surface area contributed by atoms with Gasteiger partial charge in [0.1, 0.15) is 11.6 Å². The van der Waals surface area contributed by atoms with Gasteiger partial charge in [0.05, 0.1) is 7.11 Å². The van der Waals surface area contributed by atoms with E-state index < -0.39 is 0 Å². The normalized spacial score (nSPS) is 12.4. The first kappa shape index (κ1) is 15.0. The summed E-state index contributed by atoms with van der Waals surface area (Å²) in [5.74, 6) is 0.359. The smallest absolute Gasteiger partial charge is 0.131 e. The number of hydrogen-bond donors (Lipinski definition) is 1. The molecule has 1 unspecified atom stereocenters. The molecule has 108 valence electrons. The topological polar surface area (TPSA) is 21.3 Å². The second kappa shape index (κ2) is 6.86. The van der Waals surface area contributed by atoms with Gasteiger partial charge in [0.25, 0.3) is 0 Å². The number of ether oxygens (including phenoxy) is 1. The van der Waals surface area contributed by atoms with Crippen molar-refractivity contribution < 1.29 is 9.13 Å². The molecule has 2 nitrogen and oxygen atoms in total. The summed E-state index contributed by atoms with van der Waals surface area (Å²) < 4.78 is 19.2. The van der Waals surface area contributed by atoms with Crippen LogP contribution >= 0.6 is 11.3 Å². The van der Waals surface area contributed by atoms with Gasteiger partial charge in [0.2, 0.25) is 0 Å². The number of halogens is 1. The molecule has 0 fully saturated rings. The largest absolute Gasteiger partial charge is 0.496 e. The second-order valence-corrected chi connectivity index (χ2v) is 5.68. The third kappa shape index (κ3) is 3.19. The Kier molecular flexibility index (Phi) is 5.15. The van der Waals surface area contributed by atoms with Gasteiger partial charge in [-0.2, -0.15) is 0 Å².